The van der Waals surface area contributed by atoms with E-state index >= 15 is 0 Å². The van der Waals surface area contributed by atoms with Gasteiger partial charge in [-0.25, -0.2) is 0 Å². The predicted octanol–water partition coefficient (Wildman–Crippen LogP) is 4.13. The van der Waals surface area contributed by atoms with E-state index in [-0.39, 0.29) is 6.10 Å². The van der Waals surface area contributed by atoms with Gasteiger partial charge in [-0.05, 0) is 55.2 Å². The summed E-state index contributed by atoms with van der Waals surface area (Å²) in [7, 11) is 0. The van der Waals surface area contributed by atoms with Crippen LogP contribution in [0.1, 0.15) is 58.7 Å². The molecule has 0 saturated carbocycles. The van der Waals surface area contributed by atoms with Gasteiger partial charge in [0.2, 0.25) is 0 Å². The Morgan fingerprint density at radius 1 is 1.35 bits per heavy atom. The zero-order valence-corrected chi connectivity index (χ0v) is 16.1. The third-order valence-corrected chi connectivity index (χ3v) is 6.52. The van der Waals surface area contributed by atoms with Crippen molar-refractivity contribution in [2.75, 3.05) is 0 Å². The van der Waals surface area contributed by atoms with Crippen molar-refractivity contribution in [2.45, 2.75) is 64.1 Å². The molecule has 1 aromatic heterocycles. The van der Waals surface area contributed by atoms with E-state index in [0.29, 0.717) is 19.4 Å². The Bertz CT molecular complexity index is 851. The van der Waals surface area contributed by atoms with Crippen molar-refractivity contribution in [2.24, 2.45) is 0 Å². The number of aryl methyl sites for hydroxylation is 1. The maximum Gasteiger partial charge on any atom is 0.198 e. The van der Waals surface area contributed by atoms with Crippen molar-refractivity contribution in [1.29, 1.82) is 0 Å². The second-order valence-electron chi connectivity index (χ2n) is 7.27. The first-order valence-corrected chi connectivity index (χ1v) is 10.0. The van der Waals surface area contributed by atoms with E-state index in [1.54, 1.807) is 0 Å². The minimum atomic E-state index is -0.835. The predicted molar refractivity (Wildman–Crippen MR) is 103 cm³/mol. The van der Waals surface area contributed by atoms with Crippen molar-refractivity contribution in [3.8, 4) is 12.3 Å². The molecule has 3 heterocycles. The van der Waals surface area contributed by atoms with E-state index < -0.39 is 11.9 Å². The number of thiophene rings is 1. The van der Waals surface area contributed by atoms with Crippen LogP contribution in [-0.2, 0) is 34.7 Å². The van der Waals surface area contributed by atoms with Gasteiger partial charge in [0.15, 0.2) is 5.79 Å². The summed E-state index contributed by atoms with van der Waals surface area (Å²) in [4.78, 5) is 2.69. The Labute approximate surface area is 159 Å². The largest absolute Gasteiger partial charge is 0.393 e. The summed E-state index contributed by atoms with van der Waals surface area (Å²) in [6.45, 7) is 4.63. The number of terminal acetylenes is 1. The van der Waals surface area contributed by atoms with Crippen molar-refractivity contribution >= 4 is 11.3 Å². The highest BCUT2D eigenvalue weighted by Gasteiger charge is 2.47. The standard InChI is InChI=1S/C22H24O3S/c1-4-15-9-17-13-24-22(12-18(23)8-14(3)25-22)21(17)11-16(15)10-20-7-6-19(5-2)26-20/h1,6-7,9,11,14,18,23H,5,8,10,12-13H2,2-3H3/t14?,18?,22-/m1/s1. The summed E-state index contributed by atoms with van der Waals surface area (Å²) in [6, 6.07) is 8.58. The molecule has 2 unspecified atom stereocenters. The molecule has 0 radical (unpaired) electrons. The summed E-state index contributed by atoms with van der Waals surface area (Å²) in [6.07, 6.45) is 8.31. The highest BCUT2D eigenvalue weighted by molar-refractivity contribution is 7.12. The van der Waals surface area contributed by atoms with Gasteiger partial charge in [-0.1, -0.05) is 12.8 Å². The third kappa shape index (κ3) is 3.10. The Balaban J connectivity index is 1.72. The van der Waals surface area contributed by atoms with E-state index in [4.69, 9.17) is 15.9 Å². The first-order chi connectivity index (χ1) is 12.5. The molecule has 1 N–H and O–H groups in total. The quantitative estimate of drug-likeness (QED) is 0.828. The molecule has 2 aromatic rings. The minimum absolute atomic E-state index is 0.0372. The lowest BCUT2D eigenvalue weighted by Crippen LogP contribution is -2.43. The Kier molecular flexibility index (Phi) is 4.66. The van der Waals surface area contributed by atoms with Gasteiger partial charge in [0.05, 0.1) is 18.8 Å². The molecule has 0 bridgehead atoms. The van der Waals surface area contributed by atoms with Crippen molar-refractivity contribution < 1.29 is 14.6 Å². The molecule has 0 amide bonds. The molecule has 2 aliphatic rings. The van der Waals surface area contributed by atoms with E-state index in [1.165, 1.54) is 9.75 Å². The van der Waals surface area contributed by atoms with E-state index in [2.05, 4.69) is 37.1 Å². The van der Waals surface area contributed by atoms with Crippen LogP contribution in [0.4, 0.5) is 0 Å². The number of aliphatic hydroxyl groups is 1. The van der Waals surface area contributed by atoms with Crippen LogP contribution in [-0.4, -0.2) is 17.3 Å². The topological polar surface area (TPSA) is 38.7 Å². The summed E-state index contributed by atoms with van der Waals surface area (Å²) in [5.41, 5.74) is 4.14. The molecule has 1 aromatic carbocycles. The number of benzene rings is 1. The number of aliphatic hydroxyl groups excluding tert-OH is 1. The summed E-state index contributed by atoms with van der Waals surface area (Å²) in [5.74, 6) is 2.00. The lowest BCUT2D eigenvalue weighted by molar-refractivity contribution is -0.295. The van der Waals surface area contributed by atoms with Crippen LogP contribution in [0.2, 0.25) is 0 Å². The van der Waals surface area contributed by atoms with E-state index in [1.807, 2.05) is 18.3 Å². The zero-order valence-electron chi connectivity index (χ0n) is 15.2. The number of ether oxygens (including phenoxy) is 2. The van der Waals surface area contributed by atoms with Crippen LogP contribution in [0.15, 0.2) is 24.3 Å². The molecule has 0 aliphatic carbocycles. The molecule has 3 atom stereocenters. The van der Waals surface area contributed by atoms with Gasteiger partial charge in [-0.3, -0.25) is 0 Å². The van der Waals surface area contributed by atoms with Crippen molar-refractivity contribution in [1.82, 2.24) is 0 Å². The van der Waals surface area contributed by atoms with Gasteiger partial charge >= 0.3 is 0 Å². The highest BCUT2D eigenvalue weighted by atomic mass is 32.1. The zero-order chi connectivity index (χ0) is 18.3. The number of hydrogen-bond donors (Lipinski definition) is 1. The fourth-order valence-corrected chi connectivity index (χ4v) is 5.06. The van der Waals surface area contributed by atoms with Gasteiger partial charge in [0.1, 0.15) is 0 Å². The molecule has 1 spiro atoms. The number of hydrogen-bond acceptors (Lipinski definition) is 4. The van der Waals surface area contributed by atoms with E-state index in [0.717, 1.165) is 35.1 Å². The van der Waals surface area contributed by atoms with Crippen LogP contribution in [0.25, 0.3) is 0 Å². The van der Waals surface area contributed by atoms with Crippen molar-refractivity contribution in [3.63, 3.8) is 0 Å². The van der Waals surface area contributed by atoms with Gasteiger partial charge in [-0.2, -0.15) is 0 Å². The van der Waals surface area contributed by atoms with Crippen molar-refractivity contribution in [3.05, 3.63) is 56.3 Å². The Hall–Kier alpha value is -1.64. The molecule has 2 aliphatic heterocycles. The SMILES string of the molecule is C#Cc1cc2c(cc1Cc1ccc(CC)s1)[C@]1(CC(O)CC(C)O1)OC2. The fourth-order valence-electron chi connectivity index (χ4n) is 4.08. The first kappa shape index (κ1) is 17.8. The molecule has 1 fully saturated rings. The molecule has 3 nitrogen and oxygen atoms in total. The molecule has 1 saturated heterocycles. The summed E-state index contributed by atoms with van der Waals surface area (Å²) >= 11 is 1.84. The van der Waals surface area contributed by atoms with Crippen LogP contribution in [0.3, 0.4) is 0 Å². The van der Waals surface area contributed by atoms with Crippen LogP contribution >= 0.6 is 11.3 Å². The maximum absolute atomic E-state index is 10.3. The fraction of sp³-hybridized carbons (Fsp3) is 0.455. The molecule has 26 heavy (non-hydrogen) atoms. The minimum Gasteiger partial charge on any atom is -0.393 e. The van der Waals surface area contributed by atoms with Gasteiger partial charge in [0.25, 0.3) is 0 Å². The van der Waals surface area contributed by atoms with E-state index in [9.17, 15) is 5.11 Å². The lowest BCUT2D eigenvalue weighted by atomic mass is 9.89. The Morgan fingerprint density at radius 3 is 2.85 bits per heavy atom. The monoisotopic (exact) mass is 368 g/mol. The third-order valence-electron chi connectivity index (χ3n) is 5.29. The molecular formula is C22H24O3S. The normalized spacial score (nSPS) is 27.5. The number of fused-ring (bicyclic) bond motifs is 2. The summed E-state index contributed by atoms with van der Waals surface area (Å²) in [5, 5.41) is 10.3. The van der Waals surface area contributed by atoms with Crippen LogP contribution < -0.4 is 0 Å². The highest BCUT2D eigenvalue weighted by Crippen LogP contribution is 2.46. The molecular weight excluding hydrogens is 344 g/mol. The smallest absolute Gasteiger partial charge is 0.198 e. The Morgan fingerprint density at radius 2 is 2.15 bits per heavy atom. The van der Waals surface area contributed by atoms with Crippen LogP contribution in [0, 0.1) is 12.3 Å². The molecule has 4 heteroatoms. The lowest BCUT2D eigenvalue weighted by Gasteiger charge is -2.39. The molecule has 4 rings (SSSR count). The average molecular weight is 368 g/mol. The average Bonchev–Trinajstić information content (AvgIpc) is 3.19. The van der Waals surface area contributed by atoms with Gasteiger partial charge in [-0.15, -0.1) is 17.8 Å². The maximum atomic E-state index is 10.3. The molecule has 136 valence electrons. The first-order valence-electron chi connectivity index (χ1n) is 9.23. The second kappa shape index (κ2) is 6.83. The van der Waals surface area contributed by atoms with Crippen LogP contribution in [0.5, 0.6) is 0 Å². The summed E-state index contributed by atoms with van der Waals surface area (Å²) < 4.78 is 12.3. The second-order valence-corrected chi connectivity index (χ2v) is 8.53. The number of rotatable bonds is 3. The van der Waals surface area contributed by atoms with Gasteiger partial charge in [0, 0.05) is 33.7 Å². The van der Waals surface area contributed by atoms with Gasteiger partial charge < -0.3 is 14.6 Å².